The summed E-state index contributed by atoms with van der Waals surface area (Å²) in [6, 6.07) is 8.51. The second-order valence-corrected chi connectivity index (χ2v) is 5.10. The Morgan fingerprint density at radius 3 is 2.54 bits per heavy atom. The number of thiophene rings is 2. The molecule has 0 atom stereocenters. The van der Waals surface area contributed by atoms with Gasteiger partial charge in [0.05, 0.1) is 0 Å². The second kappa shape index (κ2) is 3.90. The van der Waals surface area contributed by atoms with Crippen molar-refractivity contribution in [1.82, 2.24) is 0 Å². The minimum absolute atomic E-state index is 1.31. The third-order valence-corrected chi connectivity index (χ3v) is 3.52. The monoisotopic (exact) mass is 206 g/mol. The van der Waals surface area contributed by atoms with E-state index in [0.29, 0.717) is 0 Å². The molecule has 0 aromatic carbocycles. The fourth-order valence-corrected chi connectivity index (χ4v) is 2.49. The van der Waals surface area contributed by atoms with Crippen molar-refractivity contribution >= 4 is 34.8 Å². The molecule has 0 amide bonds. The number of hydrogen-bond donors (Lipinski definition) is 0. The van der Waals surface area contributed by atoms with Gasteiger partial charge in [-0.25, -0.2) is 0 Å². The molecule has 0 unspecified atom stereocenters. The quantitative estimate of drug-likeness (QED) is 0.687. The summed E-state index contributed by atoms with van der Waals surface area (Å²) in [7, 11) is 0. The summed E-state index contributed by atoms with van der Waals surface area (Å²) in [5, 5.41) is 2.10. The molecule has 13 heavy (non-hydrogen) atoms. The minimum atomic E-state index is 1.31. The van der Waals surface area contributed by atoms with Gasteiger partial charge in [-0.1, -0.05) is 6.07 Å². The van der Waals surface area contributed by atoms with Gasteiger partial charge in [0.1, 0.15) is 0 Å². The normalized spacial score (nSPS) is 11.2. The summed E-state index contributed by atoms with van der Waals surface area (Å²) in [5.74, 6) is 0. The molecule has 0 aliphatic heterocycles. The van der Waals surface area contributed by atoms with Crippen LogP contribution >= 0.6 is 22.7 Å². The largest absolute Gasteiger partial charge is 0.144 e. The van der Waals surface area contributed by atoms with Gasteiger partial charge in [-0.3, -0.25) is 0 Å². The van der Waals surface area contributed by atoms with E-state index in [4.69, 9.17) is 0 Å². The second-order valence-electron chi connectivity index (χ2n) is 2.80. The highest BCUT2D eigenvalue weighted by atomic mass is 32.1. The summed E-state index contributed by atoms with van der Waals surface area (Å²) in [6.07, 6.45) is 4.33. The highest BCUT2D eigenvalue weighted by Crippen LogP contribution is 2.19. The number of aryl methyl sites for hydroxylation is 1. The van der Waals surface area contributed by atoms with Crippen LogP contribution in [-0.4, -0.2) is 0 Å². The Morgan fingerprint density at radius 2 is 1.92 bits per heavy atom. The smallest absolute Gasteiger partial charge is 0.0273 e. The van der Waals surface area contributed by atoms with Crippen molar-refractivity contribution in [2.45, 2.75) is 6.92 Å². The van der Waals surface area contributed by atoms with Crippen LogP contribution in [0.25, 0.3) is 12.2 Å². The summed E-state index contributed by atoms with van der Waals surface area (Å²) >= 11 is 3.59. The van der Waals surface area contributed by atoms with E-state index in [2.05, 4.69) is 48.7 Å². The van der Waals surface area contributed by atoms with Crippen LogP contribution in [0.5, 0.6) is 0 Å². The van der Waals surface area contributed by atoms with Crippen LogP contribution in [-0.2, 0) is 0 Å². The molecule has 0 nitrogen and oxygen atoms in total. The molecule has 0 radical (unpaired) electrons. The Hall–Kier alpha value is -0.860. The summed E-state index contributed by atoms with van der Waals surface area (Å²) < 4.78 is 0. The third kappa shape index (κ3) is 2.29. The van der Waals surface area contributed by atoms with Gasteiger partial charge in [-0.15, -0.1) is 22.7 Å². The molecule has 0 saturated carbocycles. The van der Waals surface area contributed by atoms with Gasteiger partial charge < -0.3 is 0 Å². The Balaban J connectivity index is 2.14. The molecule has 0 saturated heterocycles. The standard InChI is InChI=1S/C11H10S2/c1-9-4-5-11(13-9)7-6-10-3-2-8-12-10/h2-8H,1H3. The van der Waals surface area contributed by atoms with Gasteiger partial charge in [-0.2, -0.15) is 0 Å². The van der Waals surface area contributed by atoms with E-state index in [0.717, 1.165) is 0 Å². The molecule has 0 fully saturated rings. The van der Waals surface area contributed by atoms with Crippen molar-refractivity contribution in [2.75, 3.05) is 0 Å². The summed E-state index contributed by atoms with van der Waals surface area (Å²) in [6.45, 7) is 2.13. The lowest BCUT2D eigenvalue weighted by molar-refractivity contribution is 1.64. The van der Waals surface area contributed by atoms with Crippen molar-refractivity contribution < 1.29 is 0 Å². The molecule has 2 aromatic rings. The van der Waals surface area contributed by atoms with E-state index < -0.39 is 0 Å². The van der Waals surface area contributed by atoms with E-state index in [1.807, 2.05) is 11.3 Å². The molecule has 2 heterocycles. The van der Waals surface area contributed by atoms with Gasteiger partial charge in [0.2, 0.25) is 0 Å². The van der Waals surface area contributed by atoms with Crippen molar-refractivity contribution in [3.05, 3.63) is 44.3 Å². The molecule has 2 rings (SSSR count). The minimum Gasteiger partial charge on any atom is -0.144 e. The maximum atomic E-state index is 2.17. The first-order chi connectivity index (χ1) is 6.34. The van der Waals surface area contributed by atoms with Crippen LogP contribution in [0.1, 0.15) is 14.6 Å². The average Bonchev–Trinajstić information content (AvgIpc) is 2.71. The lowest BCUT2D eigenvalue weighted by Crippen LogP contribution is -1.57. The predicted octanol–water partition coefficient (Wildman–Crippen LogP) is 4.29. The first-order valence-corrected chi connectivity index (χ1v) is 5.82. The maximum Gasteiger partial charge on any atom is 0.0273 e. The first-order valence-electron chi connectivity index (χ1n) is 4.12. The molecule has 0 spiro atoms. The van der Waals surface area contributed by atoms with E-state index >= 15 is 0 Å². The van der Waals surface area contributed by atoms with Crippen molar-refractivity contribution in [3.8, 4) is 0 Å². The van der Waals surface area contributed by atoms with Gasteiger partial charge in [0.25, 0.3) is 0 Å². The molecule has 2 heteroatoms. The van der Waals surface area contributed by atoms with E-state index in [1.54, 1.807) is 11.3 Å². The number of hydrogen-bond acceptors (Lipinski definition) is 2. The fraction of sp³-hybridized carbons (Fsp3) is 0.0909. The topological polar surface area (TPSA) is 0 Å². The summed E-state index contributed by atoms with van der Waals surface area (Å²) in [4.78, 5) is 4.00. The molecule has 0 bridgehead atoms. The van der Waals surface area contributed by atoms with Gasteiger partial charge in [-0.05, 0) is 42.7 Å². The molecule has 66 valence electrons. The highest BCUT2D eigenvalue weighted by Gasteiger charge is 1.91. The lowest BCUT2D eigenvalue weighted by atomic mass is 10.3. The SMILES string of the molecule is Cc1ccc(C=Cc2cccs2)s1. The van der Waals surface area contributed by atoms with Crippen LogP contribution in [0, 0.1) is 6.92 Å². The molecular formula is C11H10S2. The lowest BCUT2D eigenvalue weighted by Gasteiger charge is -1.83. The molecule has 2 aromatic heterocycles. The number of rotatable bonds is 2. The van der Waals surface area contributed by atoms with E-state index in [1.165, 1.54) is 14.6 Å². The van der Waals surface area contributed by atoms with Crippen LogP contribution in [0.3, 0.4) is 0 Å². The average molecular weight is 206 g/mol. The zero-order valence-electron chi connectivity index (χ0n) is 7.36. The third-order valence-electron chi connectivity index (χ3n) is 1.72. The molecule has 0 N–H and O–H groups in total. The maximum absolute atomic E-state index is 2.17. The van der Waals surface area contributed by atoms with Gasteiger partial charge in [0, 0.05) is 14.6 Å². The Bertz CT molecular complexity index is 393. The Kier molecular flexibility index (Phi) is 2.62. The summed E-state index contributed by atoms with van der Waals surface area (Å²) in [5.41, 5.74) is 0. The van der Waals surface area contributed by atoms with Crippen LogP contribution in [0.4, 0.5) is 0 Å². The van der Waals surface area contributed by atoms with E-state index in [9.17, 15) is 0 Å². The molecular weight excluding hydrogens is 196 g/mol. The Labute approximate surface area is 86.2 Å². The molecule has 0 aliphatic rings. The Morgan fingerprint density at radius 1 is 1.08 bits per heavy atom. The zero-order valence-corrected chi connectivity index (χ0v) is 8.99. The van der Waals surface area contributed by atoms with Crippen molar-refractivity contribution in [1.29, 1.82) is 0 Å². The van der Waals surface area contributed by atoms with Gasteiger partial charge in [0.15, 0.2) is 0 Å². The van der Waals surface area contributed by atoms with Crippen molar-refractivity contribution in [3.63, 3.8) is 0 Å². The van der Waals surface area contributed by atoms with Crippen LogP contribution in [0.15, 0.2) is 29.6 Å². The van der Waals surface area contributed by atoms with Crippen LogP contribution in [0.2, 0.25) is 0 Å². The first kappa shape index (κ1) is 8.73. The van der Waals surface area contributed by atoms with Gasteiger partial charge >= 0.3 is 0 Å². The fourth-order valence-electron chi connectivity index (χ4n) is 1.09. The van der Waals surface area contributed by atoms with Crippen molar-refractivity contribution in [2.24, 2.45) is 0 Å². The zero-order chi connectivity index (χ0) is 9.10. The predicted molar refractivity (Wildman–Crippen MR) is 62.3 cm³/mol. The van der Waals surface area contributed by atoms with E-state index in [-0.39, 0.29) is 0 Å². The van der Waals surface area contributed by atoms with Crippen LogP contribution < -0.4 is 0 Å². The molecule has 0 aliphatic carbocycles. The highest BCUT2D eigenvalue weighted by molar-refractivity contribution is 7.13.